The summed E-state index contributed by atoms with van der Waals surface area (Å²) in [6, 6.07) is 16.0. The van der Waals surface area contributed by atoms with E-state index in [1.54, 1.807) is 0 Å². The minimum Gasteiger partial charge on any atom is -0.346 e. The van der Waals surface area contributed by atoms with Gasteiger partial charge in [-0.3, -0.25) is 0 Å². The number of aryl methyl sites for hydroxylation is 2. The zero-order chi connectivity index (χ0) is 17.1. The Morgan fingerprint density at radius 3 is 2.46 bits per heavy atom. The summed E-state index contributed by atoms with van der Waals surface area (Å²) in [6.45, 7) is 9.35. The van der Waals surface area contributed by atoms with E-state index in [-0.39, 0.29) is 0 Å². The predicted octanol–water partition coefficient (Wildman–Crippen LogP) is 6.43. The van der Waals surface area contributed by atoms with E-state index in [4.69, 9.17) is 0 Å². The Hall–Kier alpha value is -2.02. The zero-order valence-corrected chi connectivity index (χ0v) is 15.5. The summed E-state index contributed by atoms with van der Waals surface area (Å²) in [4.78, 5) is 0. The summed E-state index contributed by atoms with van der Waals surface area (Å²) >= 11 is 0. The number of rotatable bonds is 3. The molecule has 2 aromatic carbocycles. The lowest BCUT2D eigenvalue weighted by Crippen LogP contribution is -2.25. The first-order chi connectivity index (χ1) is 11.5. The molecule has 1 heterocycles. The smallest absolute Gasteiger partial charge is 0.0486 e. The van der Waals surface area contributed by atoms with Gasteiger partial charge in [0, 0.05) is 35.1 Å². The molecule has 0 radical (unpaired) electrons. The third-order valence-electron chi connectivity index (χ3n) is 6.53. The molecule has 1 unspecified atom stereocenters. The van der Waals surface area contributed by atoms with Crippen LogP contribution < -0.4 is 0 Å². The van der Waals surface area contributed by atoms with E-state index in [0.29, 0.717) is 11.3 Å². The van der Waals surface area contributed by atoms with E-state index in [9.17, 15) is 0 Å². The fourth-order valence-corrected chi connectivity index (χ4v) is 4.69. The molecule has 1 aliphatic rings. The fraction of sp³-hybridized carbons (Fsp3) is 0.391. The maximum absolute atomic E-state index is 2.46. The Bertz CT molecular complexity index is 925. The van der Waals surface area contributed by atoms with Crippen LogP contribution in [0.25, 0.3) is 22.0 Å². The molecule has 0 N–H and O–H groups in total. The second kappa shape index (κ2) is 5.24. The molecule has 0 saturated heterocycles. The Morgan fingerprint density at radius 1 is 1.04 bits per heavy atom. The summed E-state index contributed by atoms with van der Waals surface area (Å²) in [5.74, 6) is 0.483. The largest absolute Gasteiger partial charge is 0.346 e. The van der Waals surface area contributed by atoms with Crippen molar-refractivity contribution in [2.75, 3.05) is 0 Å². The van der Waals surface area contributed by atoms with E-state index >= 15 is 0 Å². The molecule has 0 fully saturated rings. The van der Waals surface area contributed by atoms with Crippen molar-refractivity contribution in [2.45, 2.75) is 46.5 Å². The molecule has 0 amide bonds. The third kappa shape index (κ3) is 1.87. The van der Waals surface area contributed by atoms with Crippen LogP contribution in [0.5, 0.6) is 0 Å². The molecule has 4 rings (SSSR count). The van der Waals surface area contributed by atoms with Crippen LogP contribution in [0.1, 0.15) is 56.4 Å². The van der Waals surface area contributed by atoms with E-state index in [1.165, 1.54) is 51.7 Å². The van der Waals surface area contributed by atoms with Gasteiger partial charge in [-0.25, -0.2) is 0 Å². The summed E-state index contributed by atoms with van der Waals surface area (Å²) < 4.78 is 2.46. The molecule has 1 heteroatoms. The third-order valence-corrected chi connectivity index (χ3v) is 6.53. The average molecular weight is 317 g/mol. The molecule has 24 heavy (non-hydrogen) atoms. The molecule has 0 aliphatic heterocycles. The van der Waals surface area contributed by atoms with E-state index in [0.717, 1.165) is 0 Å². The summed E-state index contributed by atoms with van der Waals surface area (Å²) in [5.41, 5.74) is 8.95. The van der Waals surface area contributed by atoms with Crippen molar-refractivity contribution in [3.05, 3.63) is 59.3 Å². The second-order valence-corrected chi connectivity index (χ2v) is 7.72. The van der Waals surface area contributed by atoms with Gasteiger partial charge in [-0.05, 0) is 48.4 Å². The van der Waals surface area contributed by atoms with Gasteiger partial charge in [0.15, 0.2) is 0 Å². The Kier molecular flexibility index (Phi) is 3.38. The lowest BCUT2D eigenvalue weighted by atomic mass is 9.70. The van der Waals surface area contributed by atoms with Crippen molar-refractivity contribution in [1.29, 1.82) is 0 Å². The first-order valence-corrected chi connectivity index (χ1v) is 9.20. The normalized spacial score (nSPS) is 16.5. The van der Waals surface area contributed by atoms with Crippen LogP contribution in [0.15, 0.2) is 42.5 Å². The molecule has 0 bridgehead atoms. The maximum Gasteiger partial charge on any atom is 0.0486 e. The van der Waals surface area contributed by atoms with Crippen LogP contribution >= 0.6 is 0 Å². The first kappa shape index (κ1) is 15.5. The van der Waals surface area contributed by atoms with Crippen LogP contribution in [0, 0.1) is 12.3 Å². The Balaban J connectivity index is 2.13. The second-order valence-electron chi connectivity index (χ2n) is 7.72. The highest BCUT2D eigenvalue weighted by molar-refractivity contribution is 6.02. The van der Waals surface area contributed by atoms with Crippen molar-refractivity contribution < 1.29 is 0 Å². The van der Waals surface area contributed by atoms with Gasteiger partial charge in [0.05, 0.1) is 0 Å². The molecular formula is C23H27N. The maximum atomic E-state index is 2.46. The van der Waals surface area contributed by atoms with E-state index < -0.39 is 0 Å². The SMILES string of the molecule is CCC(C)(CC)C1c2ccccc2-c2c1n(C)c1ccc(C)cc21. The predicted molar refractivity (Wildman–Crippen MR) is 104 cm³/mol. The Labute approximate surface area is 145 Å². The summed E-state index contributed by atoms with van der Waals surface area (Å²) in [7, 11) is 2.25. The van der Waals surface area contributed by atoms with E-state index in [2.05, 4.69) is 81.8 Å². The van der Waals surface area contributed by atoms with Crippen molar-refractivity contribution in [3.63, 3.8) is 0 Å². The first-order valence-electron chi connectivity index (χ1n) is 9.20. The molecule has 0 spiro atoms. The standard InChI is InChI=1S/C23H27N/c1-6-23(4,7-2)21-17-11-9-8-10-16(17)20-18-14-15(3)12-13-19(18)24(5)22(20)21/h8-14,21H,6-7H2,1-5H3. The van der Waals surface area contributed by atoms with E-state index in [1.807, 2.05) is 0 Å². The molecule has 1 aromatic heterocycles. The van der Waals surface area contributed by atoms with Crippen molar-refractivity contribution in [3.8, 4) is 11.1 Å². The van der Waals surface area contributed by atoms with Crippen LogP contribution in [0.3, 0.4) is 0 Å². The number of aromatic nitrogens is 1. The number of nitrogens with zero attached hydrogens (tertiary/aromatic N) is 1. The van der Waals surface area contributed by atoms with Gasteiger partial charge >= 0.3 is 0 Å². The quantitative estimate of drug-likeness (QED) is 0.525. The molecule has 3 aromatic rings. The number of fused-ring (bicyclic) bond motifs is 5. The van der Waals surface area contributed by atoms with Gasteiger partial charge in [-0.15, -0.1) is 0 Å². The van der Waals surface area contributed by atoms with Crippen LogP contribution in [-0.2, 0) is 7.05 Å². The summed E-state index contributed by atoms with van der Waals surface area (Å²) in [6.07, 6.45) is 2.39. The van der Waals surface area contributed by atoms with Gasteiger partial charge in [-0.1, -0.05) is 56.7 Å². The topological polar surface area (TPSA) is 4.93 Å². The monoisotopic (exact) mass is 317 g/mol. The van der Waals surface area contributed by atoms with Crippen molar-refractivity contribution in [1.82, 2.24) is 4.57 Å². The van der Waals surface area contributed by atoms with Crippen LogP contribution in [0.2, 0.25) is 0 Å². The number of hydrogen-bond donors (Lipinski definition) is 0. The average Bonchev–Trinajstić information content (AvgIpc) is 3.08. The van der Waals surface area contributed by atoms with Gasteiger partial charge in [0.25, 0.3) is 0 Å². The van der Waals surface area contributed by atoms with Crippen LogP contribution in [-0.4, -0.2) is 4.57 Å². The van der Waals surface area contributed by atoms with Crippen molar-refractivity contribution in [2.24, 2.45) is 12.5 Å². The molecule has 1 atom stereocenters. The van der Waals surface area contributed by atoms with Gasteiger partial charge in [-0.2, -0.15) is 0 Å². The van der Waals surface area contributed by atoms with Gasteiger partial charge < -0.3 is 4.57 Å². The van der Waals surface area contributed by atoms with Gasteiger partial charge in [0.2, 0.25) is 0 Å². The van der Waals surface area contributed by atoms with Gasteiger partial charge in [0.1, 0.15) is 0 Å². The van der Waals surface area contributed by atoms with Crippen molar-refractivity contribution >= 4 is 10.9 Å². The molecule has 124 valence electrons. The molecular weight excluding hydrogens is 290 g/mol. The van der Waals surface area contributed by atoms with Crippen LogP contribution in [0.4, 0.5) is 0 Å². The zero-order valence-electron chi connectivity index (χ0n) is 15.5. The molecule has 0 saturated carbocycles. The number of benzene rings is 2. The molecule has 1 nitrogen and oxygen atoms in total. The Morgan fingerprint density at radius 2 is 1.75 bits per heavy atom. The highest BCUT2D eigenvalue weighted by Gasteiger charge is 2.43. The lowest BCUT2D eigenvalue weighted by molar-refractivity contribution is 0.255. The number of hydrogen-bond acceptors (Lipinski definition) is 0. The fourth-order valence-electron chi connectivity index (χ4n) is 4.69. The minimum atomic E-state index is 0.290. The molecule has 1 aliphatic carbocycles. The highest BCUT2D eigenvalue weighted by atomic mass is 15.0. The lowest BCUT2D eigenvalue weighted by Gasteiger charge is -2.35. The minimum absolute atomic E-state index is 0.290. The summed E-state index contributed by atoms with van der Waals surface area (Å²) in [5, 5.41) is 1.41. The highest BCUT2D eigenvalue weighted by Crippen LogP contribution is 2.57.